The molecule has 0 N–H and O–H groups in total. The van der Waals surface area contributed by atoms with Crippen molar-refractivity contribution in [3.8, 4) is 11.4 Å². The third kappa shape index (κ3) is 5.50. The summed E-state index contributed by atoms with van der Waals surface area (Å²) in [5.41, 5.74) is 1.16. The summed E-state index contributed by atoms with van der Waals surface area (Å²) in [7, 11) is -3.37. The van der Waals surface area contributed by atoms with Gasteiger partial charge in [-0.25, -0.2) is 12.8 Å². The van der Waals surface area contributed by atoms with Crippen molar-refractivity contribution in [3.63, 3.8) is 0 Å². The van der Waals surface area contributed by atoms with Crippen LogP contribution in [0, 0.1) is 5.82 Å². The minimum absolute atomic E-state index is 0.0454. The molecule has 0 saturated carbocycles. The fourth-order valence-corrected chi connectivity index (χ4v) is 5.25. The van der Waals surface area contributed by atoms with Crippen LogP contribution in [-0.2, 0) is 16.6 Å². The molecule has 1 aliphatic heterocycles. The molecule has 1 fully saturated rings. The number of hydrogen-bond donors (Lipinski definition) is 0. The van der Waals surface area contributed by atoms with E-state index >= 15 is 0 Å². The number of nitrogens with zero attached hydrogens (tertiary/aromatic N) is 4. The monoisotopic (exact) mass is 520 g/mol. The van der Waals surface area contributed by atoms with Gasteiger partial charge < -0.3 is 9.64 Å². The molecular weight excluding hydrogens is 495 g/mol. The lowest BCUT2D eigenvalue weighted by molar-refractivity contribution is 0.297. The molecule has 1 aliphatic rings. The van der Waals surface area contributed by atoms with Crippen LogP contribution in [0.25, 0.3) is 5.69 Å². The van der Waals surface area contributed by atoms with Crippen LogP contribution in [0.1, 0.15) is 19.4 Å². The van der Waals surface area contributed by atoms with Crippen LogP contribution in [0.15, 0.2) is 59.5 Å². The van der Waals surface area contributed by atoms with E-state index in [-0.39, 0.29) is 31.3 Å². The normalized spacial score (nSPS) is 14.9. The second-order valence-corrected chi connectivity index (χ2v) is 11.4. The number of aromatic nitrogens is 2. The standard InChI is InChI=1S/C24H26ClFN4O4S/c1-17(2)35(32,33)29-12-10-28(11-13-29)22-15-27-30(21-5-3-4-19(25)14-21)24(31)23(22)34-16-18-6-8-20(26)9-7-18/h3-9,14-15,17H,10-13,16H2,1-2H3. The maximum Gasteiger partial charge on any atom is 0.316 e. The highest BCUT2D eigenvalue weighted by Gasteiger charge is 2.31. The van der Waals surface area contributed by atoms with Crippen molar-refractivity contribution in [2.45, 2.75) is 25.7 Å². The Morgan fingerprint density at radius 3 is 2.40 bits per heavy atom. The molecule has 0 atom stereocenters. The van der Waals surface area contributed by atoms with E-state index in [4.69, 9.17) is 16.3 Å². The second kappa shape index (κ2) is 10.3. The summed E-state index contributed by atoms with van der Waals surface area (Å²) in [6.07, 6.45) is 1.54. The van der Waals surface area contributed by atoms with Gasteiger partial charge in [-0.15, -0.1) is 0 Å². The van der Waals surface area contributed by atoms with Crippen LogP contribution in [0.3, 0.4) is 0 Å². The summed E-state index contributed by atoms with van der Waals surface area (Å²) in [4.78, 5) is 15.4. The third-order valence-corrected chi connectivity index (χ3v) is 8.31. The van der Waals surface area contributed by atoms with E-state index in [0.717, 1.165) is 0 Å². The fourth-order valence-electron chi connectivity index (χ4n) is 3.80. The van der Waals surface area contributed by atoms with Crippen LogP contribution in [-0.4, -0.2) is 53.9 Å². The Hall–Kier alpha value is -2.95. The Bertz CT molecular complexity index is 1350. The van der Waals surface area contributed by atoms with Gasteiger partial charge in [0.15, 0.2) is 0 Å². The van der Waals surface area contributed by atoms with Crippen LogP contribution >= 0.6 is 11.6 Å². The van der Waals surface area contributed by atoms with Crippen LogP contribution in [0.4, 0.5) is 10.1 Å². The number of anilines is 1. The maximum atomic E-state index is 13.5. The lowest BCUT2D eigenvalue weighted by Crippen LogP contribution is -2.50. The summed E-state index contributed by atoms with van der Waals surface area (Å²) in [6.45, 7) is 4.68. The molecule has 0 radical (unpaired) electrons. The third-order valence-electron chi connectivity index (χ3n) is 5.80. The van der Waals surface area contributed by atoms with Gasteiger partial charge in [-0.05, 0) is 49.7 Å². The quantitative estimate of drug-likeness (QED) is 0.474. The summed E-state index contributed by atoms with van der Waals surface area (Å²) >= 11 is 6.10. The van der Waals surface area contributed by atoms with Gasteiger partial charge >= 0.3 is 5.56 Å². The lowest BCUT2D eigenvalue weighted by atomic mass is 10.2. The topological polar surface area (TPSA) is 84.7 Å². The van der Waals surface area contributed by atoms with Crippen molar-refractivity contribution >= 4 is 27.3 Å². The van der Waals surface area contributed by atoms with Gasteiger partial charge in [0.1, 0.15) is 18.1 Å². The van der Waals surface area contributed by atoms with E-state index in [9.17, 15) is 17.6 Å². The molecule has 0 unspecified atom stereocenters. The molecule has 2 heterocycles. The largest absolute Gasteiger partial charge is 0.481 e. The highest BCUT2D eigenvalue weighted by atomic mass is 35.5. The smallest absolute Gasteiger partial charge is 0.316 e. The van der Waals surface area contributed by atoms with E-state index in [1.807, 2.05) is 4.90 Å². The molecule has 0 spiro atoms. The maximum absolute atomic E-state index is 13.5. The van der Waals surface area contributed by atoms with Crippen molar-refractivity contribution < 1.29 is 17.5 Å². The number of rotatable bonds is 7. The molecular formula is C24H26ClFN4O4S. The summed E-state index contributed by atoms with van der Waals surface area (Å²) in [6, 6.07) is 12.6. The van der Waals surface area contributed by atoms with E-state index in [1.54, 1.807) is 50.2 Å². The number of halogens is 2. The van der Waals surface area contributed by atoms with Crippen molar-refractivity contribution in [2.75, 3.05) is 31.1 Å². The molecule has 0 aliphatic carbocycles. The second-order valence-electron chi connectivity index (χ2n) is 8.45. The van der Waals surface area contributed by atoms with Crippen molar-refractivity contribution in [1.29, 1.82) is 0 Å². The van der Waals surface area contributed by atoms with Crippen LogP contribution in [0.5, 0.6) is 5.75 Å². The van der Waals surface area contributed by atoms with E-state index in [0.29, 0.717) is 35.1 Å². The van der Waals surface area contributed by atoms with E-state index < -0.39 is 20.8 Å². The van der Waals surface area contributed by atoms with Gasteiger partial charge in [0, 0.05) is 31.2 Å². The molecule has 11 heteroatoms. The molecule has 8 nitrogen and oxygen atoms in total. The van der Waals surface area contributed by atoms with Gasteiger partial charge in [-0.2, -0.15) is 14.1 Å². The number of ether oxygens (including phenoxy) is 1. The van der Waals surface area contributed by atoms with Crippen molar-refractivity contribution in [1.82, 2.24) is 14.1 Å². The minimum Gasteiger partial charge on any atom is -0.481 e. The molecule has 4 rings (SSSR count). The van der Waals surface area contributed by atoms with Crippen molar-refractivity contribution in [2.24, 2.45) is 0 Å². The molecule has 1 saturated heterocycles. The highest BCUT2D eigenvalue weighted by molar-refractivity contribution is 7.89. The van der Waals surface area contributed by atoms with Gasteiger partial charge in [0.25, 0.3) is 0 Å². The lowest BCUT2D eigenvalue weighted by Gasteiger charge is -2.36. The molecule has 3 aromatic rings. The average molecular weight is 521 g/mol. The zero-order valence-electron chi connectivity index (χ0n) is 19.4. The number of benzene rings is 2. The number of sulfonamides is 1. The Balaban J connectivity index is 1.66. The average Bonchev–Trinajstić information content (AvgIpc) is 2.84. The Kier molecular flexibility index (Phi) is 7.44. The SMILES string of the molecule is CC(C)S(=O)(=O)N1CCN(c2cnn(-c3cccc(Cl)c3)c(=O)c2OCc2ccc(F)cc2)CC1. The number of hydrogen-bond acceptors (Lipinski definition) is 6. The zero-order valence-corrected chi connectivity index (χ0v) is 21.0. The van der Waals surface area contributed by atoms with Crippen molar-refractivity contribution in [3.05, 3.63) is 81.5 Å². The first kappa shape index (κ1) is 25.2. The first-order chi connectivity index (χ1) is 16.7. The Labute approximate surface area is 208 Å². The highest BCUT2D eigenvalue weighted by Crippen LogP contribution is 2.27. The first-order valence-electron chi connectivity index (χ1n) is 11.2. The summed E-state index contributed by atoms with van der Waals surface area (Å²) in [5.74, 6) is -0.291. The molecule has 1 aromatic heterocycles. The van der Waals surface area contributed by atoms with Crippen LogP contribution < -0.4 is 15.2 Å². The Morgan fingerprint density at radius 1 is 1.09 bits per heavy atom. The number of piperazine rings is 1. The van der Waals surface area contributed by atoms with Crippen LogP contribution in [0.2, 0.25) is 5.02 Å². The van der Waals surface area contributed by atoms with E-state index in [1.165, 1.54) is 27.3 Å². The minimum atomic E-state index is -3.37. The summed E-state index contributed by atoms with van der Waals surface area (Å²) < 4.78 is 47.0. The molecule has 35 heavy (non-hydrogen) atoms. The van der Waals surface area contributed by atoms with Gasteiger partial charge in [0.05, 0.1) is 17.1 Å². The van der Waals surface area contributed by atoms with E-state index in [2.05, 4.69) is 5.10 Å². The summed E-state index contributed by atoms with van der Waals surface area (Å²) in [5, 5.41) is 4.28. The van der Waals surface area contributed by atoms with Gasteiger partial charge in [-0.3, -0.25) is 4.79 Å². The fraction of sp³-hybridized carbons (Fsp3) is 0.333. The molecule has 2 aromatic carbocycles. The van der Waals surface area contributed by atoms with Gasteiger partial charge in [-0.1, -0.05) is 29.8 Å². The Morgan fingerprint density at radius 2 is 1.77 bits per heavy atom. The first-order valence-corrected chi connectivity index (χ1v) is 13.0. The zero-order chi connectivity index (χ0) is 25.2. The predicted octanol–water partition coefficient (Wildman–Crippen LogP) is 3.46. The molecule has 0 amide bonds. The molecule has 186 valence electrons. The predicted molar refractivity (Wildman–Crippen MR) is 133 cm³/mol. The van der Waals surface area contributed by atoms with Gasteiger partial charge in [0.2, 0.25) is 15.8 Å². The molecule has 0 bridgehead atoms.